The largest absolute Gasteiger partial charge is 0.228 e. The fraction of sp³-hybridized carbons (Fsp3) is 0.0154. The summed E-state index contributed by atoms with van der Waals surface area (Å²) in [7, 11) is 0. The van der Waals surface area contributed by atoms with E-state index in [9.17, 15) is 0 Å². The Morgan fingerprint density at radius 1 is 0.254 bits per heavy atom. The highest BCUT2D eigenvalue weighted by Crippen LogP contribution is 2.63. The number of hydrogen-bond donors (Lipinski definition) is 0. The zero-order chi connectivity index (χ0) is 44.1. The first kappa shape index (κ1) is 37.6. The van der Waals surface area contributed by atoms with Crippen molar-refractivity contribution in [3.63, 3.8) is 0 Å². The molecule has 0 saturated heterocycles. The Labute approximate surface area is 389 Å². The molecule has 2 aliphatic rings. The van der Waals surface area contributed by atoms with Crippen molar-refractivity contribution >= 4 is 32.3 Å². The van der Waals surface area contributed by atoms with Gasteiger partial charge in [-0.1, -0.05) is 224 Å². The molecule has 0 aliphatic heterocycles. The average Bonchev–Trinajstić information content (AvgIpc) is 3.87. The summed E-state index contributed by atoms with van der Waals surface area (Å²) in [5.74, 6) is 0.690. The van der Waals surface area contributed by atoms with E-state index in [4.69, 9.17) is 9.97 Å². The molecule has 2 nitrogen and oxygen atoms in total. The first-order valence-corrected chi connectivity index (χ1v) is 23.1. The second-order valence-corrected chi connectivity index (χ2v) is 18.0. The maximum absolute atomic E-state index is 5.47. The molecule has 12 aromatic rings. The van der Waals surface area contributed by atoms with E-state index in [0.717, 1.165) is 33.6 Å². The Hall–Kier alpha value is -8.72. The van der Waals surface area contributed by atoms with Crippen LogP contribution in [-0.2, 0) is 5.41 Å². The number of rotatable bonds is 5. The maximum atomic E-state index is 5.47. The minimum Gasteiger partial charge on any atom is -0.228 e. The number of benzene rings is 11. The van der Waals surface area contributed by atoms with Gasteiger partial charge in [0, 0.05) is 16.7 Å². The molecule has 11 aromatic carbocycles. The molecule has 0 amide bonds. The van der Waals surface area contributed by atoms with E-state index >= 15 is 0 Å². The highest BCUT2D eigenvalue weighted by Gasteiger charge is 2.51. The van der Waals surface area contributed by atoms with Gasteiger partial charge in [-0.15, -0.1) is 0 Å². The summed E-state index contributed by atoms with van der Waals surface area (Å²) in [6.07, 6.45) is 0. The van der Waals surface area contributed by atoms with Gasteiger partial charge in [-0.2, -0.15) is 0 Å². The predicted molar refractivity (Wildman–Crippen MR) is 278 cm³/mol. The van der Waals surface area contributed by atoms with Gasteiger partial charge in [-0.05, 0) is 117 Å². The lowest BCUT2D eigenvalue weighted by atomic mass is 9.70. The third kappa shape index (κ3) is 5.63. The summed E-state index contributed by atoms with van der Waals surface area (Å²) in [6.45, 7) is 0. The number of fused-ring (bicyclic) bond motifs is 14. The predicted octanol–water partition coefficient (Wildman–Crippen LogP) is 16.6. The van der Waals surface area contributed by atoms with Crippen LogP contribution in [0, 0.1) is 0 Å². The third-order valence-electron chi connectivity index (χ3n) is 14.5. The van der Waals surface area contributed by atoms with Crippen LogP contribution in [0.15, 0.2) is 243 Å². The van der Waals surface area contributed by atoms with Crippen molar-refractivity contribution < 1.29 is 0 Å². The fourth-order valence-corrected chi connectivity index (χ4v) is 11.5. The van der Waals surface area contributed by atoms with Crippen LogP contribution in [0.4, 0.5) is 0 Å². The van der Waals surface area contributed by atoms with Crippen LogP contribution >= 0.6 is 0 Å². The minimum absolute atomic E-state index is 0.449. The zero-order valence-corrected chi connectivity index (χ0v) is 36.5. The SMILES string of the molecule is c1ccc(-c2ccc(-c3cc(-c4ccc5c(c4)C4(c6ccccc6-c6ccccc64)c4ccccc4-5)nc(-c4ccc(-c5c6ccccc6cc6c5ccc5ccccc56)cc4)n3)cc2)cc1. The first-order chi connectivity index (χ1) is 33.2. The van der Waals surface area contributed by atoms with Gasteiger partial charge in [-0.3, -0.25) is 0 Å². The lowest BCUT2D eigenvalue weighted by Crippen LogP contribution is -2.25. The van der Waals surface area contributed by atoms with E-state index < -0.39 is 5.41 Å². The minimum atomic E-state index is -0.449. The highest BCUT2D eigenvalue weighted by molar-refractivity contribution is 6.20. The molecular formula is C65H40N2. The topological polar surface area (TPSA) is 25.8 Å². The van der Waals surface area contributed by atoms with Crippen molar-refractivity contribution in [1.29, 1.82) is 0 Å². The lowest BCUT2D eigenvalue weighted by Gasteiger charge is -2.30. The summed E-state index contributed by atoms with van der Waals surface area (Å²) >= 11 is 0. The monoisotopic (exact) mass is 848 g/mol. The van der Waals surface area contributed by atoms with Crippen LogP contribution in [0.3, 0.4) is 0 Å². The standard InChI is InChI=1S/C65H40N2/c1-2-14-41(15-3-1)42-26-28-44(29-27-42)61-40-62(48-35-36-54-53-22-10-13-25-59(53)65(60(54)39-48)57-23-11-8-20-51(57)52-21-9-12-24-58(52)65)67-64(66-61)46-32-30-45(31-33-46)63-50-19-7-5-17-47(50)38-56-49-18-6-4-16-43(49)34-37-55(56)63/h1-40H. The number of aromatic nitrogens is 2. The van der Waals surface area contributed by atoms with Crippen molar-refractivity contribution in [2.24, 2.45) is 0 Å². The van der Waals surface area contributed by atoms with Gasteiger partial charge in [-0.25, -0.2) is 9.97 Å². The Bertz CT molecular complexity index is 3900. The maximum Gasteiger partial charge on any atom is 0.160 e. The van der Waals surface area contributed by atoms with Crippen molar-refractivity contribution in [1.82, 2.24) is 9.97 Å². The molecule has 1 heterocycles. The molecule has 0 fully saturated rings. The molecule has 14 rings (SSSR count). The summed E-state index contributed by atoms with van der Waals surface area (Å²) in [5.41, 5.74) is 19.6. The van der Waals surface area contributed by atoms with Crippen LogP contribution < -0.4 is 0 Å². The molecule has 67 heavy (non-hydrogen) atoms. The molecular weight excluding hydrogens is 809 g/mol. The van der Waals surface area contributed by atoms with Crippen LogP contribution in [-0.4, -0.2) is 9.97 Å². The van der Waals surface area contributed by atoms with Crippen molar-refractivity contribution in [3.05, 3.63) is 265 Å². The molecule has 0 atom stereocenters. The molecule has 0 unspecified atom stereocenters. The van der Waals surface area contributed by atoms with Crippen molar-refractivity contribution in [3.8, 4) is 78.4 Å². The Kier molecular flexibility index (Phi) is 8.23. The summed E-state index contributed by atoms with van der Waals surface area (Å²) < 4.78 is 0. The van der Waals surface area contributed by atoms with E-state index in [1.165, 1.54) is 93.5 Å². The van der Waals surface area contributed by atoms with Gasteiger partial charge in [0.1, 0.15) is 0 Å². The van der Waals surface area contributed by atoms with Crippen molar-refractivity contribution in [2.75, 3.05) is 0 Å². The Morgan fingerprint density at radius 2 is 0.746 bits per heavy atom. The van der Waals surface area contributed by atoms with Gasteiger partial charge in [0.05, 0.1) is 16.8 Å². The third-order valence-corrected chi connectivity index (χ3v) is 14.5. The van der Waals surface area contributed by atoms with Crippen LogP contribution in [0.5, 0.6) is 0 Å². The molecule has 0 N–H and O–H groups in total. The Morgan fingerprint density at radius 3 is 1.43 bits per heavy atom. The summed E-state index contributed by atoms with van der Waals surface area (Å²) in [4.78, 5) is 10.8. The normalized spacial score (nSPS) is 12.9. The van der Waals surface area contributed by atoms with Gasteiger partial charge in [0.2, 0.25) is 0 Å². The first-order valence-electron chi connectivity index (χ1n) is 23.1. The molecule has 2 heteroatoms. The molecule has 0 bridgehead atoms. The van der Waals surface area contributed by atoms with Crippen LogP contribution in [0.1, 0.15) is 22.3 Å². The quantitative estimate of drug-likeness (QED) is 0.127. The summed E-state index contributed by atoms with van der Waals surface area (Å²) in [5, 5.41) is 7.48. The van der Waals surface area contributed by atoms with Gasteiger partial charge in [0.15, 0.2) is 5.82 Å². The summed E-state index contributed by atoms with van der Waals surface area (Å²) in [6, 6.07) is 88.7. The number of hydrogen-bond acceptors (Lipinski definition) is 2. The van der Waals surface area contributed by atoms with E-state index in [-0.39, 0.29) is 0 Å². The van der Waals surface area contributed by atoms with Crippen LogP contribution in [0.2, 0.25) is 0 Å². The molecule has 1 spiro atoms. The van der Waals surface area contributed by atoms with E-state index in [0.29, 0.717) is 5.82 Å². The van der Waals surface area contributed by atoms with E-state index in [1.54, 1.807) is 0 Å². The molecule has 0 saturated carbocycles. The molecule has 310 valence electrons. The lowest BCUT2D eigenvalue weighted by molar-refractivity contribution is 0.794. The van der Waals surface area contributed by atoms with Gasteiger partial charge < -0.3 is 0 Å². The fourth-order valence-electron chi connectivity index (χ4n) is 11.5. The number of nitrogens with zero attached hydrogens (tertiary/aromatic N) is 2. The average molecular weight is 849 g/mol. The smallest absolute Gasteiger partial charge is 0.160 e. The van der Waals surface area contributed by atoms with Crippen molar-refractivity contribution in [2.45, 2.75) is 5.41 Å². The van der Waals surface area contributed by atoms with Crippen LogP contribution in [0.25, 0.3) is 111 Å². The second kappa shape index (κ2) is 14.7. The molecule has 2 aliphatic carbocycles. The van der Waals surface area contributed by atoms with Gasteiger partial charge >= 0.3 is 0 Å². The molecule has 0 radical (unpaired) electrons. The van der Waals surface area contributed by atoms with Gasteiger partial charge in [0.25, 0.3) is 0 Å². The van der Waals surface area contributed by atoms with E-state index in [1.807, 2.05) is 0 Å². The highest BCUT2D eigenvalue weighted by atomic mass is 14.9. The van der Waals surface area contributed by atoms with E-state index in [2.05, 4.69) is 243 Å². The molecule has 1 aromatic heterocycles. The Balaban J connectivity index is 0.948. The zero-order valence-electron chi connectivity index (χ0n) is 36.5. The second-order valence-electron chi connectivity index (χ2n) is 18.0.